The highest BCUT2D eigenvalue weighted by Gasteiger charge is 2.25. The number of carbonyl (C=O) groups excluding carboxylic acids is 1. The van der Waals surface area contributed by atoms with E-state index in [4.69, 9.17) is 0 Å². The van der Waals surface area contributed by atoms with Crippen LogP contribution in [0, 0.1) is 0 Å². The quantitative estimate of drug-likeness (QED) is 0.576. The molecule has 66 valence electrons. The van der Waals surface area contributed by atoms with E-state index < -0.39 is 0 Å². The van der Waals surface area contributed by atoms with E-state index in [1.807, 2.05) is 16.7 Å². The molecule has 1 aliphatic carbocycles. The van der Waals surface area contributed by atoms with Gasteiger partial charge < -0.3 is 4.90 Å². The second kappa shape index (κ2) is 3.52. The van der Waals surface area contributed by atoms with E-state index in [9.17, 15) is 4.79 Å². The molecule has 0 radical (unpaired) electrons. The van der Waals surface area contributed by atoms with E-state index in [1.54, 1.807) is 0 Å². The second-order valence-corrected chi connectivity index (χ2v) is 4.30. The van der Waals surface area contributed by atoms with Gasteiger partial charge in [-0.15, -0.1) is 11.8 Å². The fourth-order valence-electron chi connectivity index (χ4n) is 1.69. The van der Waals surface area contributed by atoms with Crippen molar-refractivity contribution < 1.29 is 4.79 Å². The van der Waals surface area contributed by atoms with Gasteiger partial charge in [0.25, 0.3) is 0 Å². The Balaban J connectivity index is 2.00. The number of carbonyl (C=O) groups is 1. The summed E-state index contributed by atoms with van der Waals surface area (Å²) in [5.41, 5.74) is 0. The largest absolute Gasteiger partial charge is 0.327 e. The molecule has 1 heterocycles. The number of allylic oxidation sites excluding steroid dienone is 1. The standard InChI is InChI=1S/C9H13NOS/c11-9-5-6-12-7-10(9)8-3-1-2-4-8/h1,3,8H,2,4-7H2. The molecule has 1 fully saturated rings. The van der Waals surface area contributed by atoms with Crippen LogP contribution in [-0.2, 0) is 4.79 Å². The molecule has 2 aliphatic rings. The smallest absolute Gasteiger partial charge is 0.224 e. The molecular formula is C9H13NOS. The van der Waals surface area contributed by atoms with Gasteiger partial charge in [0.15, 0.2) is 0 Å². The molecule has 12 heavy (non-hydrogen) atoms. The summed E-state index contributed by atoms with van der Waals surface area (Å²) in [4.78, 5) is 13.5. The highest BCUT2D eigenvalue weighted by Crippen LogP contribution is 2.23. The van der Waals surface area contributed by atoms with Crippen molar-refractivity contribution in [2.24, 2.45) is 0 Å². The average Bonchev–Trinajstić information content (AvgIpc) is 2.57. The summed E-state index contributed by atoms with van der Waals surface area (Å²) in [6, 6.07) is 0.408. The van der Waals surface area contributed by atoms with Crippen molar-refractivity contribution in [3.63, 3.8) is 0 Å². The predicted molar refractivity (Wildman–Crippen MR) is 51.0 cm³/mol. The molecule has 0 aromatic heterocycles. The Bertz CT molecular complexity index is 215. The van der Waals surface area contributed by atoms with E-state index in [2.05, 4.69) is 12.2 Å². The number of hydrogen-bond donors (Lipinski definition) is 0. The molecule has 0 saturated carbocycles. The maximum Gasteiger partial charge on any atom is 0.224 e. The van der Waals surface area contributed by atoms with Gasteiger partial charge in [0.05, 0.1) is 11.9 Å². The van der Waals surface area contributed by atoms with E-state index in [1.165, 1.54) is 0 Å². The van der Waals surface area contributed by atoms with Gasteiger partial charge in [0, 0.05) is 12.2 Å². The molecule has 0 aromatic carbocycles. The number of nitrogens with zero attached hydrogens (tertiary/aromatic N) is 1. The summed E-state index contributed by atoms with van der Waals surface area (Å²) in [6.45, 7) is 0. The van der Waals surface area contributed by atoms with Gasteiger partial charge in [-0.05, 0) is 12.8 Å². The second-order valence-electron chi connectivity index (χ2n) is 3.22. The van der Waals surface area contributed by atoms with Crippen LogP contribution in [-0.4, -0.2) is 28.5 Å². The summed E-state index contributed by atoms with van der Waals surface area (Å²) >= 11 is 1.86. The molecule has 1 atom stereocenters. The van der Waals surface area contributed by atoms with Crippen LogP contribution in [0.1, 0.15) is 19.3 Å². The van der Waals surface area contributed by atoms with Crippen LogP contribution in [0.4, 0.5) is 0 Å². The zero-order chi connectivity index (χ0) is 8.39. The van der Waals surface area contributed by atoms with Gasteiger partial charge in [-0.2, -0.15) is 0 Å². The van der Waals surface area contributed by atoms with Crippen molar-refractivity contribution >= 4 is 17.7 Å². The first-order chi connectivity index (χ1) is 5.88. The summed E-state index contributed by atoms with van der Waals surface area (Å²) in [6.07, 6.45) is 7.35. The minimum Gasteiger partial charge on any atom is -0.327 e. The van der Waals surface area contributed by atoms with Crippen molar-refractivity contribution in [2.75, 3.05) is 11.6 Å². The zero-order valence-corrected chi connectivity index (χ0v) is 7.85. The molecule has 1 saturated heterocycles. The molecule has 0 bridgehead atoms. The maximum atomic E-state index is 11.5. The SMILES string of the molecule is O=C1CCSCN1C1C=CCC1. The first kappa shape index (κ1) is 8.17. The summed E-state index contributed by atoms with van der Waals surface area (Å²) < 4.78 is 0. The van der Waals surface area contributed by atoms with Crippen LogP contribution in [0.3, 0.4) is 0 Å². The number of hydrogen-bond acceptors (Lipinski definition) is 2. The van der Waals surface area contributed by atoms with Crippen LogP contribution >= 0.6 is 11.8 Å². The lowest BCUT2D eigenvalue weighted by molar-refractivity contribution is -0.131. The monoisotopic (exact) mass is 183 g/mol. The van der Waals surface area contributed by atoms with Crippen LogP contribution in [0.25, 0.3) is 0 Å². The Labute approximate surface area is 77.0 Å². The molecule has 3 heteroatoms. The molecule has 0 aromatic rings. The number of thioether (sulfide) groups is 1. The van der Waals surface area contributed by atoms with E-state index in [-0.39, 0.29) is 0 Å². The molecule has 0 N–H and O–H groups in total. The third kappa shape index (κ3) is 1.51. The minimum atomic E-state index is 0.338. The fraction of sp³-hybridized carbons (Fsp3) is 0.667. The van der Waals surface area contributed by atoms with Crippen LogP contribution in [0.15, 0.2) is 12.2 Å². The van der Waals surface area contributed by atoms with Crippen LogP contribution < -0.4 is 0 Å². The third-order valence-electron chi connectivity index (χ3n) is 2.40. The van der Waals surface area contributed by atoms with Crippen molar-refractivity contribution in [1.82, 2.24) is 4.90 Å². The summed E-state index contributed by atoms with van der Waals surface area (Å²) in [5.74, 6) is 2.24. The fourth-order valence-corrected chi connectivity index (χ4v) is 2.68. The predicted octanol–water partition coefficient (Wildman–Crippen LogP) is 1.63. The maximum absolute atomic E-state index is 11.5. The Hall–Kier alpha value is -0.440. The van der Waals surface area contributed by atoms with Crippen molar-refractivity contribution in [2.45, 2.75) is 25.3 Å². The lowest BCUT2D eigenvalue weighted by Crippen LogP contribution is -2.40. The summed E-state index contributed by atoms with van der Waals surface area (Å²) in [5, 5.41) is 0. The van der Waals surface area contributed by atoms with Crippen molar-refractivity contribution in [3.8, 4) is 0 Å². The van der Waals surface area contributed by atoms with Gasteiger partial charge in [0.1, 0.15) is 0 Å². The Kier molecular flexibility index (Phi) is 2.40. The highest BCUT2D eigenvalue weighted by atomic mass is 32.2. The third-order valence-corrected chi connectivity index (χ3v) is 3.35. The normalized spacial score (nSPS) is 29.8. The molecular weight excluding hydrogens is 170 g/mol. The molecule has 2 nitrogen and oxygen atoms in total. The van der Waals surface area contributed by atoms with Crippen LogP contribution in [0.2, 0.25) is 0 Å². The van der Waals surface area contributed by atoms with E-state index in [0.717, 1.165) is 30.9 Å². The van der Waals surface area contributed by atoms with E-state index >= 15 is 0 Å². The topological polar surface area (TPSA) is 20.3 Å². The van der Waals surface area contributed by atoms with Gasteiger partial charge in [0.2, 0.25) is 5.91 Å². The molecule has 0 spiro atoms. The Morgan fingerprint density at radius 1 is 1.58 bits per heavy atom. The van der Waals surface area contributed by atoms with E-state index in [0.29, 0.717) is 11.9 Å². The Morgan fingerprint density at radius 3 is 3.17 bits per heavy atom. The van der Waals surface area contributed by atoms with Gasteiger partial charge >= 0.3 is 0 Å². The lowest BCUT2D eigenvalue weighted by atomic mass is 10.2. The molecule has 1 aliphatic heterocycles. The summed E-state index contributed by atoms with van der Waals surface area (Å²) in [7, 11) is 0. The number of amides is 1. The first-order valence-electron chi connectivity index (χ1n) is 4.42. The zero-order valence-electron chi connectivity index (χ0n) is 7.03. The van der Waals surface area contributed by atoms with Gasteiger partial charge in [-0.25, -0.2) is 0 Å². The van der Waals surface area contributed by atoms with Gasteiger partial charge in [-0.1, -0.05) is 12.2 Å². The minimum absolute atomic E-state index is 0.338. The van der Waals surface area contributed by atoms with Crippen molar-refractivity contribution in [1.29, 1.82) is 0 Å². The van der Waals surface area contributed by atoms with Gasteiger partial charge in [-0.3, -0.25) is 4.79 Å². The lowest BCUT2D eigenvalue weighted by Gasteiger charge is -2.30. The van der Waals surface area contributed by atoms with Crippen LogP contribution in [0.5, 0.6) is 0 Å². The number of rotatable bonds is 1. The van der Waals surface area contributed by atoms with Crippen molar-refractivity contribution in [3.05, 3.63) is 12.2 Å². The highest BCUT2D eigenvalue weighted by molar-refractivity contribution is 7.99. The Morgan fingerprint density at radius 2 is 2.50 bits per heavy atom. The molecule has 2 rings (SSSR count). The molecule has 1 unspecified atom stereocenters. The average molecular weight is 183 g/mol. The first-order valence-corrected chi connectivity index (χ1v) is 5.57. The molecule has 1 amide bonds.